The second kappa shape index (κ2) is 3.97. The number of hydrogen-bond acceptors (Lipinski definition) is 2. The molecule has 0 unspecified atom stereocenters. The molecule has 1 heterocycles. The van der Waals surface area contributed by atoms with Crippen molar-refractivity contribution < 1.29 is 4.79 Å². The lowest BCUT2D eigenvalue weighted by Crippen LogP contribution is -2.34. The molecule has 1 rings (SSSR count). The van der Waals surface area contributed by atoms with Gasteiger partial charge in [-0.1, -0.05) is 10.7 Å². The highest BCUT2D eigenvalue weighted by Gasteiger charge is 2.09. The van der Waals surface area contributed by atoms with Gasteiger partial charge in [0.2, 0.25) is 5.91 Å². The van der Waals surface area contributed by atoms with Crippen LogP contribution in [0.4, 0.5) is 0 Å². The van der Waals surface area contributed by atoms with Crippen LogP contribution in [0.5, 0.6) is 0 Å². The van der Waals surface area contributed by atoms with Gasteiger partial charge in [0.1, 0.15) is 0 Å². The second-order valence-corrected chi connectivity index (χ2v) is 4.71. The number of carbonyl (C=O) groups excluding carboxylic acids is 1. The van der Waals surface area contributed by atoms with Crippen LogP contribution in [0, 0.1) is 0 Å². The Bertz CT molecular complexity index is 181. The van der Waals surface area contributed by atoms with Crippen molar-refractivity contribution >= 4 is 16.6 Å². The summed E-state index contributed by atoms with van der Waals surface area (Å²) in [5.41, 5.74) is 0. The van der Waals surface area contributed by atoms with Crippen LogP contribution in [0.1, 0.15) is 6.92 Å². The Morgan fingerprint density at radius 1 is 1.45 bits per heavy atom. The van der Waals surface area contributed by atoms with Gasteiger partial charge < -0.3 is 4.90 Å². The Labute approximate surface area is 69.9 Å². The van der Waals surface area contributed by atoms with Crippen molar-refractivity contribution in [1.29, 1.82) is 0 Å². The van der Waals surface area contributed by atoms with E-state index in [1.165, 1.54) is 6.92 Å². The van der Waals surface area contributed by atoms with Gasteiger partial charge in [0.05, 0.1) is 0 Å². The van der Waals surface area contributed by atoms with E-state index in [0.29, 0.717) is 0 Å². The van der Waals surface area contributed by atoms with E-state index in [2.05, 4.69) is 16.3 Å². The van der Waals surface area contributed by atoms with Crippen LogP contribution in [-0.4, -0.2) is 42.4 Å². The summed E-state index contributed by atoms with van der Waals surface area (Å²) < 4.78 is 4.03. The SMILES string of the molecule is CC(=O)N=S1CCN(C)CC1. The fraction of sp³-hybridized carbons (Fsp3) is 0.857. The fourth-order valence-electron chi connectivity index (χ4n) is 1.01. The standard InChI is InChI=1S/C7H14N2OS/c1-7(10)8-11-5-3-9(2)4-6-11/h3-6H2,1-2H3. The van der Waals surface area contributed by atoms with Crippen molar-refractivity contribution in [3.8, 4) is 0 Å². The molecular formula is C7H14N2OS. The zero-order chi connectivity index (χ0) is 8.27. The first kappa shape index (κ1) is 8.87. The first-order chi connectivity index (χ1) is 5.18. The summed E-state index contributed by atoms with van der Waals surface area (Å²) in [6.07, 6.45) is 0. The number of nitrogens with zero attached hydrogens (tertiary/aromatic N) is 2. The second-order valence-electron chi connectivity index (χ2n) is 2.78. The third kappa shape index (κ3) is 3.12. The Balaban J connectivity index is 2.45. The molecule has 0 N–H and O–H groups in total. The lowest BCUT2D eigenvalue weighted by Gasteiger charge is -2.23. The quantitative estimate of drug-likeness (QED) is 0.528. The molecule has 1 aliphatic heterocycles. The van der Waals surface area contributed by atoms with Crippen molar-refractivity contribution in [3.05, 3.63) is 0 Å². The van der Waals surface area contributed by atoms with Crippen LogP contribution in [0.15, 0.2) is 4.36 Å². The van der Waals surface area contributed by atoms with Crippen molar-refractivity contribution in [2.45, 2.75) is 6.92 Å². The Hall–Kier alpha value is -0.220. The summed E-state index contributed by atoms with van der Waals surface area (Å²) in [7, 11) is 2.14. The number of hydrogen-bond donors (Lipinski definition) is 0. The van der Waals surface area contributed by atoms with Gasteiger partial charge in [-0.2, -0.15) is 4.36 Å². The molecule has 1 aliphatic rings. The van der Waals surface area contributed by atoms with E-state index in [9.17, 15) is 4.79 Å². The zero-order valence-corrected chi connectivity index (χ0v) is 7.86. The highest BCUT2D eigenvalue weighted by Crippen LogP contribution is 1.99. The van der Waals surface area contributed by atoms with Crippen molar-refractivity contribution in [2.75, 3.05) is 31.6 Å². The maximum Gasteiger partial charge on any atom is 0.248 e. The number of rotatable bonds is 0. The van der Waals surface area contributed by atoms with Gasteiger partial charge in [0.15, 0.2) is 0 Å². The summed E-state index contributed by atoms with van der Waals surface area (Å²) >= 11 is 0. The predicted octanol–water partition coefficient (Wildman–Crippen LogP) is 0.280. The summed E-state index contributed by atoms with van der Waals surface area (Å²) in [6, 6.07) is 0. The van der Waals surface area contributed by atoms with Gasteiger partial charge in [0.25, 0.3) is 0 Å². The third-order valence-electron chi connectivity index (χ3n) is 1.67. The minimum absolute atomic E-state index is 0.0158. The minimum Gasteiger partial charge on any atom is -0.305 e. The van der Waals surface area contributed by atoms with E-state index in [1.807, 2.05) is 0 Å². The average molecular weight is 174 g/mol. The molecule has 0 aromatic heterocycles. The molecule has 11 heavy (non-hydrogen) atoms. The largest absolute Gasteiger partial charge is 0.305 e. The summed E-state index contributed by atoms with van der Waals surface area (Å²) in [5, 5.41) is 0. The number of carbonyl (C=O) groups is 1. The molecule has 0 aliphatic carbocycles. The first-order valence-corrected chi connectivity index (χ1v) is 5.29. The summed E-state index contributed by atoms with van der Waals surface area (Å²) in [4.78, 5) is 12.9. The lowest BCUT2D eigenvalue weighted by atomic mass is 10.6. The zero-order valence-electron chi connectivity index (χ0n) is 7.04. The highest BCUT2D eigenvalue weighted by atomic mass is 32.2. The maximum absolute atomic E-state index is 10.6. The molecular weight excluding hydrogens is 160 g/mol. The van der Waals surface area contributed by atoms with E-state index < -0.39 is 0 Å². The van der Waals surface area contributed by atoms with Crippen LogP contribution in [0.25, 0.3) is 0 Å². The smallest absolute Gasteiger partial charge is 0.248 e. The maximum atomic E-state index is 10.6. The molecule has 0 radical (unpaired) electrons. The van der Waals surface area contributed by atoms with E-state index >= 15 is 0 Å². The van der Waals surface area contributed by atoms with E-state index in [1.54, 1.807) is 0 Å². The monoisotopic (exact) mass is 174 g/mol. The molecule has 0 saturated carbocycles. The van der Waals surface area contributed by atoms with Crippen molar-refractivity contribution in [1.82, 2.24) is 4.90 Å². The molecule has 1 amide bonds. The average Bonchev–Trinajstić information content (AvgIpc) is 1.93. The Morgan fingerprint density at radius 2 is 2.00 bits per heavy atom. The highest BCUT2D eigenvalue weighted by molar-refractivity contribution is 7.87. The number of amides is 1. The molecule has 1 fully saturated rings. The minimum atomic E-state index is -0.0158. The van der Waals surface area contributed by atoms with Gasteiger partial charge in [-0.25, -0.2) is 0 Å². The molecule has 64 valence electrons. The van der Waals surface area contributed by atoms with Crippen molar-refractivity contribution in [2.24, 2.45) is 4.36 Å². The van der Waals surface area contributed by atoms with Crippen LogP contribution in [-0.2, 0) is 15.5 Å². The summed E-state index contributed by atoms with van der Waals surface area (Å²) in [6.45, 7) is 3.70. The first-order valence-electron chi connectivity index (χ1n) is 3.77. The van der Waals surface area contributed by atoms with E-state index in [4.69, 9.17) is 0 Å². The van der Waals surface area contributed by atoms with Crippen LogP contribution in [0.3, 0.4) is 0 Å². The van der Waals surface area contributed by atoms with Gasteiger partial charge in [-0.05, 0) is 7.05 Å². The van der Waals surface area contributed by atoms with Gasteiger partial charge in [-0.3, -0.25) is 4.79 Å². The molecule has 0 aromatic carbocycles. The summed E-state index contributed by atoms with van der Waals surface area (Å²) in [5.74, 6) is 2.12. The molecule has 0 spiro atoms. The van der Waals surface area contributed by atoms with Crippen LogP contribution in [0.2, 0.25) is 0 Å². The van der Waals surface area contributed by atoms with Gasteiger partial charge in [-0.15, -0.1) is 0 Å². The molecule has 0 bridgehead atoms. The van der Waals surface area contributed by atoms with Gasteiger partial charge >= 0.3 is 0 Å². The molecule has 3 nitrogen and oxygen atoms in total. The fourth-order valence-corrected chi connectivity index (χ4v) is 2.80. The predicted molar refractivity (Wildman–Crippen MR) is 47.7 cm³/mol. The topological polar surface area (TPSA) is 32.7 Å². The van der Waals surface area contributed by atoms with Crippen LogP contribution < -0.4 is 0 Å². The van der Waals surface area contributed by atoms with Crippen molar-refractivity contribution in [3.63, 3.8) is 0 Å². The Morgan fingerprint density at radius 3 is 2.45 bits per heavy atom. The van der Waals surface area contributed by atoms with E-state index in [-0.39, 0.29) is 16.6 Å². The third-order valence-corrected chi connectivity index (χ3v) is 3.50. The molecule has 1 saturated heterocycles. The Kier molecular flexibility index (Phi) is 3.20. The normalized spacial score (nSPS) is 21.6. The van der Waals surface area contributed by atoms with Crippen LogP contribution >= 0.6 is 0 Å². The lowest BCUT2D eigenvalue weighted by molar-refractivity contribution is -0.115. The van der Waals surface area contributed by atoms with E-state index in [0.717, 1.165) is 24.6 Å². The molecule has 4 heteroatoms. The molecule has 0 atom stereocenters. The molecule has 0 aromatic rings. The van der Waals surface area contributed by atoms with Gasteiger partial charge in [0, 0.05) is 31.5 Å².